The number of carbonyl (C=O) groups excluding carboxylic acids is 4. The van der Waals surface area contributed by atoms with Gasteiger partial charge in [-0.1, -0.05) is 63.6 Å². The zero-order valence-electron chi connectivity index (χ0n) is 31.3. The Balaban J connectivity index is 1.46. The van der Waals surface area contributed by atoms with Gasteiger partial charge in [0.05, 0.1) is 30.8 Å². The molecule has 0 radical (unpaired) electrons. The van der Waals surface area contributed by atoms with Crippen LogP contribution >= 0.6 is 0 Å². The summed E-state index contributed by atoms with van der Waals surface area (Å²) in [5, 5.41) is 5.61. The molecule has 14 heteroatoms. The van der Waals surface area contributed by atoms with E-state index in [4.69, 9.17) is 14.2 Å². The van der Waals surface area contributed by atoms with E-state index in [1.165, 1.54) is 4.90 Å². The summed E-state index contributed by atoms with van der Waals surface area (Å²) in [6, 6.07) is 4.21. The summed E-state index contributed by atoms with van der Waals surface area (Å²) in [5.41, 5.74) is -1.89. The minimum atomic E-state index is -3.61. The van der Waals surface area contributed by atoms with Gasteiger partial charge in [0.15, 0.2) is 5.69 Å². The van der Waals surface area contributed by atoms with Crippen molar-refractivity contribution in [2.75, 3.05) is 19.8 Å². The van der Waals surface area contributed by atoms with E-state index in [0.717, 1.165) is 32.1 Å². The Morgan fingerprint density at radius 2 is 1.85 bits per heavy atom. The second-order valence-corrected chi connectivity index (χ2v) is 15.0. The van der Waals surface area contributed by atoms with Crippen LogP contribution in [-0.2, 0) is 29.8 Å². The highest BCUT2D eigenvalue weighted by atomic mass is 19.3. The van der Waals surface area contributed by atoms with Gasteiger partial charge in [-0.05, 0) is 69.1 Å². The van der Waals surface area contributed by atoms with E-state index in [0.29, 0.717) is 24.4 Å². The van der Waals surface area contributed by atoms with Gasteiger partial charge >= 0.3 is 18.0 Å². The molecule has 0 bridgehead atoms. The fourth-order valence-corrected chi connectivity index (χ4v) is 6.94. The van der Waals surface area contributed by atoms with Crippen molar-refractivity contribution in [3.8, 4) is 5.88 Å². The highest BCUT2D eigenvalue weighted by Gasteiger charge is 2.62. The van der Waals surface area contributed by atoms with Crippen LogP contribution in [0.15, 0.2) is 61.7 Å². The number of ether oxygens (including phenoxy) is 3. The molecular formula is C40H51F2N5O7. The molecule has 2 N–H and O–H groups in total. The Morgan fingerprint density at radius 3 is 2.56 bits per heavy atom. The predicted molar refractivity (Wildman–Crippen MR) is 197 cm³/mol. The molecule has 0 spiro atoms. The molecule has 1 saturated carbocycles. The number of rotatable bonds is 12. The maximum atomic E-state index is 15.2. The van der Waals surface area contributed by atoms with Crippen LogP contribution in [0.25, 0.3) is 11.0 Å². The number of para-hydroxylation sites is 2. The van der Waals surface area contributed by atoms with Crippen molar-refractivity contribution in [1.29, 1.82) is 0 Å². The third-order valence-corrected chi connectivity index (χ3v) is 10.2. The van der Waals surface area contributed by atoms with Gasteiger partial charge < -0.3 is 29.7 Å². The number of alkyl carbamates (subject to hydrolysis) is 1. The molecule has 292 valence electrons. The monoisotopic (exact) mass is 751 g/mol. The number of nitrogens with one attached hydrogen (secondary N) is 2. The molecule has 2 fully saturated rings. The highest BCUT2D eigenvalue weighted by molar-refractivity contribution is 5.96. The van der Waals surface area contributed by atoms with Gasteiger partial charge in [0, 0.05) is 12.3 Å². The predicted octanol–water partition coefficient (Wildman–Crippen LogP) is 6.30. The molecule has 12 nitrogen and oxygen atoms in total. The van der Waals surface area contributed by atoms with Gasteiger partial charge in [0.2, 0.25) is 17.7 Å². The summed E-state index contributed by atoms with van der Waals surface area (Å²) >= 11 is 0. The number of halogens is 2. The van der Waals surface area contributed by atoms with Crippen LogP contribution in [-0.4, -0.2) is 82.2 Å². The highest BCUT2D eigenvalue weighted by Crippen LogP contribution is 2.46. The standard InChI is InChI=1S/C40H51F2N5O7/c1-6-9-21-38(4,5)25-53-37(51)45-30-20-14-12-10-11-13-17-26-23-39(26,36(50)52-8-3)46-33(48)31-22-27(24-47(31)35(30)49)54-34-32(40(41,42)7-2)43-28-18-15-16-19-29(28)44-34/h6-7,13,15-19,26-27,30-31H,1-2,8-12,14,20-25H2,3-5H3,(H,45,51)(H,46,48). The van der Waals surface area contributed by atoms with Crippen LogP contribution in [0.1, 0.15) is 84.3 Å². The lowest BCUT2D eigenvalue weighted by molar-refractivity contribution is -0.150. The molecular weight excluding hydrogens is 700 g/mol. The van der Waals surface area contributed by atoms with Crippen molar-refractivity contribution in [3.05, 3.63) is 67.4 Å². The van der Waals surface area contributed by atoms with Gasteiger partial charge in [-0.15, -0.1) is 6.58 Å². The number of fused-ring (bicyclic) bond motifs is 3. The molecule has 1 aromatic heterocycles. The molecule has 5 rings (SSSR count). The maximum absolute atomic E-state index is 15.2. The lowest BCUT2D eigenvalue weighted by Crippen LogP contribution is -2.56. The van der Waals surface area contributed by atoms with Gasteiger partial charge in [-0.2, -0.15) is 8.78 Å². The number of hydrogen-bond acceptors (Lipinski definition) is 9. The minimum Gasteiger partial charge on any atom is -0.471 e. The first-order chi connectivity index (χ1) is 25.7. The molecule has 54 heavy (non-hydrogen) atoms. The zero-order chi connectivity index (χ0) is 39.1. The Labute approximate surface area is 314 Å². The lowest BCUT2D eigenvalue weighted by Gasteiger charge is -2.30. The number of amides is 3. The number of benzene rings is 1. The second-order valence-electron chi connectivity index (χ2n) is 15.0. The van der Waals surface area contributed by atoms with Crippen LogP contribution in [0.3, 0.4) is 0 Å². The largest absolute Gasteiger partial charge is 0.471 e. The molecule has 3 heterocycles. The van der Waals surface area contributed by atoms with Crippen LogP contribution in [0.5, 0.6) is 5.88 Å². The molecule has 5 atom stereocenters. The van der Waals surface area contributed by atoms with E-state index in [2.05, 4.69) is 33.8 Å². The molecule has 3 amide bonds. The van der Waals surface area contributed by atoms with E-state index >= 15 is 8.78 Å². The molecule has 1 saturated heterocycles. The van der Waals surface area contributed by atoms with Crippen LogP contribution < -0.4 is 15.4 Å². The van der Waals surface area contributed by atoms with E-state index in [1.807, 2.05) is 26.0 Å². The Kier molecular flexibility index (Phi) is 12.7. The molecule has 2 aromatic rings. The van der Waals surface area contributed by atoms with E-state index < -0.39 is 65.1 Å². The molecule has 1 aromatic carbocycles. The van der Waals surface area contributed by atoms with Crippen LogP contribution in [0.2, 0.25) is 0 Å². The first kappa shape index (κ1) is 40.3. The van der Waals surface area contributed by atoms with Crippen molar-refractivity contribution in [1.82, 2.24) is 25.5 Å². The van der Waals surface area contributed by atoms with Gasteiger partial charge in [0.25, 0.3) is 0 Å². The molecule has 1 aliphatic carbocycles. The summed E-state index contributed by atoms with van der Waals surface area (Å²) < 4.78 is 47.5. The average molecular weight is 752 g/mol. The molecule has 2 aliphatic heterocycles. The Bertz CT molecular complexity index is 1770. The Hall–Kier alpha value is -4.88. The summed E-state index contributed by atoms with van der Waals surface area (Å²) in [5.74, 6) is -6.18. The first-order valence-corrected chi connectivity index (χ1v) is 18.7. The number of aromatic nitrogens is 2. The fourth-order valence-electron chi connectivity index (χ4n) is 6.94. The minimum absolute atomic E-state index is 0.103. The smallest absolute Gasteiger partial charge is 0.407 e. The third kappa shape index (κ3) is 9.43. The van der Waals surface area contributed by atoms with Crippen LogP contribution in [0, 0.1) is 11.3 Å². The topological polar surface area (TPSA) is 149 Å². The molecule has 5 unspecified atom stereocenters. The second kappa shape index (κ2) is 17.1. The number of alkyl halides is 2. The van der Waals surface area contributed by atoms with E-state index in [-0.39, 0.29) is 49.4 Å². The maximum Gasteiger partial charge on any atom is 0.407 e. The summed E-state index contributed by atoms with van der Waals surface area (Å²) in [6.45, 7) is 12.6. The average Bonchev–Trinajstić information content (AvgIpc) is 3.68. The SMILES string of the molecule is C=CCCC(C)(C)COC(=O)NC1CCCCCC=CC2CC2(C(=O)OCC)NC(=O)C2CC(Oc3nc4ccccc4nc3C(F)(F)C=C)CN2C1=O. The van der Waals surface area contributed by atoms with Gasteiger partial charge in [0.1, 0.15) is 23.7 Å². The van der Waals surface area contributed by atoms with E-state index in [9.17, 15) is 19.2 Å². The molecule has 3 aliphatic rings. The summed E-state index contributed by atoms with van der Waals surface area (Å²) in [7, 11) is 0. The van der Waals surface area contributed by atoms with Crippen molar-refractivity contribution >= 4 is 34.9 Å². The van der Waals surface area contributed by atoms with Crippen LogP contribution in [0.4, 0.5) is 13.6 Å². The first-order valence-electron chi connectivity index (χ1n) is 18.7. The lowest BCUT2D eigenvalue weighted by atomic mass is 9.89. The fraction of sp³-hybridized carbons (Fsp3) is 0.550. The van der Waals surface area contributed by atoms with E-state index in [1.54, 1.807) is 37.3 Å². The van der Waals surface area contributed by atoms with Crippen molar-refractivity contribution in [3.63, 3.8) is 0 Å². The van der Waals surface area contributed by atoms with Crippen molar-refractivity contribution in [2.45, 2.75) is 108 Å². The zero-order valence-corrected chi connectivity index (χ0v) is 31.3. The Morgan fingerprint density at radius 1 is 1.11 bits per heavy atom. The quantitative estimate of drug-likeness (QED) is 0.188. The third-order valence-electron chi connectivity index (χ3n) is 10.2. The number of hydrogen-bond donors (Lipinski definition) is 2. The number of esters is 1. The normalized spacial score (nSPS) is 24.9. The summed E-state index contributed by atoms with van der Waals surface area (Å²) in [4.78, 5) is 64.9. The van der Waals surface area contributed by atoms with Crippen molar-refractivity contribution < 1.29 is 42.2 Å². The number of allylic oxidation sites excluding steroid dienone is 3. The van der Waals surface area contributed by atoms with Gasteiger partial charge in [-0.25, -0.2) is 19.6 Å². The van der Waals surface area contributed by atoms with Gasteiger partial charge in [-0.3, -0.25) is 9.59 Å². The van der Waals surface area contributed by atoms with Crippen molar-refractivity contribution in [2.24, 2.45) is 11.3 Å². The number of carbonyl (C=O) groups is 4. The summed E-state index contributed by atoms with van der Waals surface area (Å²) in [6.07, 6.45) is 9.17. The number of nitrogens with zero attached hydrogens (tertiary/aromatic N) is 3.